The number of carbonyl (C=O) groups excluding carboxylic acids is 1. The van der Waals surface area contributed by atoms with Gasteiger partial charge in [-0.1, -0.05) is 11.8 Å². The van der Waals surface area contributed by atoms with Crippen LogP contribution in [0.15, 0.2) is 46.2 Å². The van der Waals surface area contributed by atoms with Crippen molar-refractivity contribution in [3.8, 4) is 11.4 Å². The molecule has 0 fully saturated rings. The molecule has 1 N–H and O–H groups in total. The molecule has 136 valence electrons. The van der Waals surface area contributed by atoms with Crippen LogP contribution in [-0.2, 0) is 11.3 Å². The van der Waals surface area contributed by atoms with E-state index in [-0.39, 0.29) is 11.7 Å². The SMILES string of the molecule is CCn1c(SC(C)C(=O)Nc2ccc(F)cc2)nnc1-c1ccoc1C. The molecule has 3 rings (SSSR count). The van der Waals surface area contributed by atoms with Gasteiger partial charge in [0.25, 0.3) is 0 Å². The van der Waals surface area contributed by atoms with Crippen LogP contribution in [0.5, 0.6) is 0 Å². The molecule has 0 radical (unpaired) electrons. The minimum absolute atomic E-state index is 0.187. The summed E-state index contributed by atoms with van der Waals surface area (Å²) in [4.78, 5) is 12.4. The first-order valence-corrected chi connectivity index (χ1v) is 9.08. The first-order chi connectivity index (χ1) is 12.5. The number of anilines is 1. The fourth-order valence-corrected chi connectivity index (χ4v) is 3.38. The van der Waals surface area contributed by atoms with Gasteiger partial charge in [-0.2, -0.15) is 0 Å². The standard InChI is InChI=1S/C18H19FN4O2S/c1-4-23-16(15-9-10-25-11(15)2)21-22-18(23)26-12(3)17(24)20-14-7-5-13(19)6-8-14/h5-10,12H,4H2,1-3H3,(H,20,24). The number of nitrogens with one attached hydrogen (secondary N) is 1. The first-order valence-electron chi connectivity index (χ1n) is 8.20. The number of carbonyl (C=O) groups is 1. The van der Waals surface area contributed by atoms with E-state index in [0.717, 1.165) is 11.3 Å². The maximum absolute atomic E-state index is 13.0. The van der Waals surface area contributed by atoms with E-state index >= 15 is 0 Å². The molecule has 3 aromatic rings. The Morgan fingerprint density at radius 3 is 2.65 bits per heavy atom. The largest absolute Gasteiger partial charge is 0.469 e. The second kappa shape index (κ2) is 7.74. The predicted octanol–water partition coefficient (Wildman–Crippen LogP) is 4.12. The van der Waals surface area contributed by atoms with Crippen LogP contribution in [0.2, 0.25) is 0 Å². The molecule has 2 aromatic heterocycles. The summed E-state index contributed by atoms with van der Waals surface area (Å²) in [6, 6.07) is 7.52. The molecule has 1 atom stereocenters. The van der Waals surface area contributed by atoms with Crippen molar-refractivity contribution in [2.75, 3.05) is 5.32 Å². The fraction of sp³-hybridized carbons (Fsp3) is 0.278. The number of hydrogen-bond acceptors (Lipinski definition) is 5. The molecule has 1 amide bonds. The molecular formula is C18H19FN4O2S. The van der Waals surface area contributed by atoms with Gasteiger partial charge in [0.15, 0.2) is 11.0 Å². The molecule has 6 nitrogen and oxygen atoms in total. The van der Waals surface area contributed by atoms with Crippen LogP contribution in [0.25, 0.3) is 11.4 Å². The van der Waals surface area contributed by atoms with E-state index in [1.807, 2.05) is 24.5 Å². The van der Waals surface area contributed by atoms with Crippen LogP contribution >= 0.6 is 11.8 Å². The minimum atomic E-state index is -0.396. The quantitative estimate of drug-likeness (QED) is 0.657. The first kappa shape index (κ1) is 18.2. The summed E-state index contributed by atoms with van der Waals surface area (Å²) in [7, 11) is 0. The molecule has 8 heteroatoms. The Morgan fingerprint density at radius 1 is 1.31 bits per heavy atom. The molecule has 0 aliphatic carbocycles. The molecule has 0 aliphatic rings. The van der Waals surface area contributed by atoms with Gasteiger partial charge in [0.2, 0.25) is 5.91 Å². The molecule has 0 bridgehead atoms. The van der Waals surface area contributed by atoms with E-state index in [4.69, 9.17) is 4.42 Å². The van der Waals surface area contributed by atoms with Crippen LogP contribution in [-0.4, -0.2) is 25.9 Å². The van der Waals surface area contributed by atoms with Crippen molar-refractivity contribution in [2.45, 2.75) is 37.7 Å². The number of halogens is 1. The molecule has 1 unspecified atom stereocenters. The van der Waals surface area contributed by atoms with Crippen molar-refractivity contribution in [3.63, 3.8) is 0 Å². The maximum atomic E-state index is 13.0. The summed E-state index contributed by atoms with van der Waals surface area (Å²) < 4.78 is 20.3. The lowest BCUT2D eigenvalue weighted by atomic mass is 10.2. The summed E-state index contributed by atoms with van der Waals surface area (Å²) in [5.41, 5.74) is 1.44. The van der Waals surface area contributed by atoms with Crippen LogP contribution in [0.3, 0.4) is 0 Å². The lowest BCUT2D eigenvalue weighted by molar-refractivity contribution is -0.115. The van der Waals surface area contributed by atoms with E-state index in [1.165, 1.54) is 36.0 Å². The second-order valence-electron chi connectivity index (χ2n) is 5.70. The highest BCUT2D eigenvalue weighted by Gasteiger charge is 2.21. The molecule has 0 spiro atoms. The van der Waals surface area contributed by atoms with Crippen LogP contribution in [0, 0.1) is 12.7 Å². The monoisotopic (exact) mass is 374 g/mol. The topological polar surface area (TPSA) is 73.0 Å². The third kappa shape index (κ3) is 3.80. The summed E-state index contributed by atoms with van der Waals surface area (Å²) in [6.07, 6.45) is 1.62. The highest BCUT2D eigenvalue weighted by molar-refractivity contribution is 8.00. The van der Waals surface area contributed by atoms with Gasteiger partial charge in [0.1, 0.15) is 11.6 Å². The number of benzene rings is 1. The Labute approximate surface area is 154 Å². The highest BCUT2D eigenvalue weighted by atomic mass is 32.2. The average molecular weight is 374 g/mol. The number of nitrogens with zero attached hydrogens (tertiary/aromatic N) is 3. The van der Waals surface area contributed by atoms with Gasteiger partial charge in [-0.3, -0.25) is 4.79 Å². The summed E-state index contributed by atoms with van der Waals surface area (Å²) in [6.45, 7) is 6.33. The van der Waals surface area contributed by atoms with Gasteiger partial charge in [-0.25, -0.2) is 4.39 Å². The summed E-state index contributed by atoms with van der Waals surface area (Å²) >= 11 is 1.32. The van der Waals surface area contributed by atoms with Crippen molar-refractivity contribution < 1.29 is 13.6 Å². The summed E-state index contributed by atoms with van der Waals surface area (Å²) in [5.74, 6) is 0.954. The second-order valence-corrected chi connectivity index (χ2v) is 7.01. The average Bonchev–Trinajstić information content (AvgIpc) is 3.22. The predicted molar refractivity (Wildman–Crippen MR) is 98.5 cm³/mol. The molecule has 1 aromatic carbocycles. The Morgan fingerprint density at radius 2 is 2.04 bits per heavy atom. The lowest BCUT2D eigenvalue weighted by Crippen LogP contribution is -2.23. The summed E-state index contributed by atoms with van der Waals surface area (Å²) in [5, 5.41) is 11.5. The van der Waals surface area contributed by atoms with Crippen molar-refractivity contribution in [1.29, 1.82) is 0 Å². The normalized spacial score (nSPS) is 12.2. The Kier molecular flexibility index (Phi) is 5.41. The number of hydrogen-bond donors (Lipinski definition) is 1. The zero-order chi connectivity index (χ0) is 18.7. The van der Waals surface area contributed by atoms with E-state index in [9.17, 15) is 9.18 Å². The van der Waals surface area contributed by atoms with Crippen molar-refractivity contribution in [1.82, 2.24) is 14.8 Å². The lowest BCUT2D eigenvalue weighted by Gasteiger charge is -2.12. The number of thioether (sulfide) groups is 1. The van der Waals surface area contributed by atoms with E-state index in [1.54, 1.807) is 13.2 Å². The van der Waals surface area contributed by atoms with Crippen molar-refractivity contribution >= 4 is 23.4 Å². The number of amides is 1. The highest BCUT2D eigenvalue weighted by Crippen LogP contribution is 2.29. The van der Waals surface area contributed by atoms with Gasteiger partial charge in [0, 0.05) is 12.2 Å². The zero-order valence-corrected chi connectivity index (χ0v) is 15.5. The van der Waals surface area contributed by atoms with Gasteiger partial charge in [0.05, 0.1) is 17.1 Å². The van der Waals surface area contributed by atoms with E-state index in [2.05, 4.69) is 15.5 Å². The maximum Gasteiger partial charge on any atom is 0.237 e. The number of rotatable bonds is 6. The molecule has 0 saturated carbocycles. The van der Waals surface area contributed by atoms with Crippen LogP contribution < -0.4 is 5.32 Å². The van der Waals surface area contributed by atoms with Gasteiger partial charge in [-0.05, 0) is 51.1 Å². The molecule has 2 heterocycles. The van der Waals surface area contributed by atoms with Gasteiger partial charge >= 0.3 is 0 Å². The Bertz CT molecular complexity index is 904. The van der Waals surface area contributed by atoms with Crippen molar-refractivity contribution in [2.24, 2.45) is 0 Å². The number of furan rings is 1. The number of aryl methyl sites for hydroxylation is 1. The van der Waals surface area contributed by atoms with Crippen LogP contribution in [0.4, 0.5) is 10.1 Å². The minimum Gasteiger partial charge on any atom is -0.469 e. The Balaban J connectivity index is 1.74. The van der Waals surface area contributed by atoms with E-state index < -0.39 is 5.25 Å². The van der Waals surface area contributed by atoms with Gasteiger partial charge < -0.3 is 14.3 Å². The molecular weight excluding hydrogens is 355 g/mol. The smallest absolute Gasteiger partial charge is 0.237 e. The molecule has 0 saturated heterocycles. The fourth-order valence-electron chi connectivity index (χ4n) is 2.47. The Hall–Kier alpha value is -2.61. The van der Waals surface area contributed by atoms with Crippen LogP contribution in [0.1, 0.15) is 19.6 Å². The third-order valence-electron chi connectivity index (χ3n) is 3.90. The van der Waals surface area contributed by atoms with Crippen molar-refractivity contribution in [3.05, 3.63) is 48.2 Å². The van der Waals surface area contributed by atoms with E-state index in [0.29, 0.717) is 23.2 Å². The molecule has 26 heavy (non-hydrogen) atoms. The third-order valence-corrected chi connectivity index (χ3v) is 4.98. The van der Waals surface area contributed by atoms with Gasteiger partial charge in [-0.15, -0.1) is 10.2 Å². The zero-order valence-electron chi connectivity index (χ0n) is 14.7. The molecule has 0 aliphatic heterocycles. The number of aromatic nitrogens is 3.